The number of anilines is 2. The number of carbonyl (C=O) groups excluding carboxylic acids is 1. The van der Waals surface area contributed by atoms with Crippen LogP contribution in [0.3, 0.4) is 0 Å². The first kappa shape index (κ1) is 19.1. The third kappa shape index (κ3) is 4.01. The maximum Gasteiger partial charge on any atom is 0.267 e. The average Bonchev–Trinajstić information content (AvgIpc) is 3.11. The fraction of sp³-hybridized carbons (Fsp3) is 0.105. The number of benzene rings is 2. The van der Waals surface area contributed by atoms with Crippen molar-refractivity contribution in [2.75, 3.05) is 16.7 Å². The normalized spacial score (nSPS) is 11.2. The molecule has 0 aliphatic rings. The number of carbonyl (C=O) groups is 1. The van der Waals surface area contributed by atoms with E-state index < -0.39 is 21.7 Å². The van der Waals surface area contributed by atoms with Crippen LogP contribution in [0.5, 0.6) is 0 Å². The number of rotatable bonds is 5. The molecule has 0 bridgehead atoms. The Kier molecular flexibility index (Phi) is 5.29. The Hall–Kier alpha value is -2.71. The summed E-state index contributed by atoms with van der Waals surface area (Å²) in [5.41, 5.74) is 1.50. The summed E-state index contributed by atoms with van der Waals surface area (Å²) in [4.78, 5) is 12.9. The molecular weight excluding hydrogens is 387 g/mol. The van der Waals surface area contributed by atoms with E-state index in [2.05, 4.69) is 5.32 Å². The van der Waals surface area contributed by atoms with Gasteiger partial charge in [-0.3, -0.25) is 9.10 Å². The first-order valence-electron chi connectivity index (χ1n) is 7.99. The average molecular weight is 404 g/mol. The zero-order valence-corrected chi connectivity index (χ0v) is 16.3. The second-order valence-corrected chi connectivity index (χ2v) is 8.77. The van der Waals surface area contributed by atoms with Gasteiger partial charge in [0.2, 0.25) is 0 Å². The summed E-state index contributed by atoms with van der Waals surface area (Å²) >= 11 is 1.11. The molecule has 3 rings (SSSR count). The molecule has 27 heavy (non-hydrogen) atoms. The lowest BCUT2D eigenvalue weighted by molar-refractivity contribution is 0.103. The van der Waals surface area contributed by atoms with Crippen LogP contribution in [-0.2, 0) is 10.0 Å². The highest BCUT2D eigenvalue weighted by Crippen LogP contribution is 2.30. The molecule has 0 aliphatic heterocycles. The van der Waals surface area contributed by atoms with Gasteiger partial charge in [0.25, 0.3) is 15.9 Å². The largest absolute Gasteiger partial charge is 0.321 e. The van der Waals surface area contributed by atoms with E-state index >= 15 is 0 Å². The zero-order valence-electron chi connectivity index (χ0n) is 14.6. The summed E-state index contributed by atoms with van der Waals surface area (Å²) in [6.07, 6.45) is 0. The van der Waals surface area contributed by atoms with E-state index in [1.165, 1.54) is 37.4 Å². The number of aryl methyl sites for hydroxylation is 1. The monoisotopic (exact) mass is 404 g/mol. The number of nitrogens with zero attached hydrogens (tertiary/aromatic N) is 1. The van der Waals surface area contributed by atoms with Crippen molar-refractivity contribution in [3.63, 3.8) is 0 Å². The van der Waals surface area contributed by atoms with Crippen molar-refractivity contribution in [3.8, 4) is 0 Å². The molecule has 1 aromatic heterocycles. The van der Waals surface area contributed by atoms with Crippen LogP contribution >= 0.6 is 11.3 Å². The zero-order chi connectivity index (χ0) is 19.6. The quantitative estimate of drug-likeness (QED) is 0.690. The van der Waals surface area contributed by atoms with Gasteiger partial charge in [0.15, 0.2) is 0 Å². The van der Waals surface area contributed by atoms with E-state index in [1.807, 2.05) is 6.92 Å². The molecule has 140 valence electrons. The van der Waals surface area contributed by atoms with Crippen LogP contribution < -0.4 is 9.62 Å². The predicted octanol–water partition coefficient (Wildman–Crippen LogP) is 4.27. The molecule has 0 saturated heterocycles. The second-order valence-electron chi connectivity index (χ2n) is 5.89. The van der Waals surface area contributed by atoms with Crippen molar-refractivity contribution in [3.05, 3.63) is 76.2 Å². The highest BCUT2D eigenvalue weighted by atomic mass is 32.2. The molecule has 1 amide bonds. The number of thiophene rings is 1. The van der Waals surface area contributed by atoms with E-state index in [0.29, 0.717) is 5.69 Å². The highest BCUT2D eigenvalue weighted by molar-refractivity contribution is 7.92. The molecule has 1 N–H and O–H groups in total. The molecule has 0 atom stereocenters. The number of hydrogen-bond donors (Lipinski definition) is 1. The lowest BCUT2D eigenvalue weighted by atomic mass is 10.2. The van der Waals surface area contributed by atoms with Gasteiger partial charge >= 0.3 is 0 Å². The van der Waals surface area contributed by atoms with Gasteiger partial charge in [-0.15, -0.1) is 11.3 Å². The number of amides is 1. The van der Waals surface area contributed by atoms with Gasteiger partial charge in [-0.2, -0.15) is 0 Å². The standard InChI is InChI=1S/C19H17FN2O3S2/c1-13-6-8-16(9-7-13)27(24,25)22(2)17-10-11-26-18(17)19(23)21-15-5-3-4-14(20)12-15/h3-12H,1-2H3,(H,21,23). The molecule has 0 aliphatic carbocycles. The lowest BCUT2D eigenvalue weighted by Gasteiger charge is -2.20. The third-order valence-electron chi connectivity index (χ3n) is 3.95. The minimum Gasteiger partial charge on any atom is -0.321 e. The van der Waals surface area contributed by atoms with Gasteiger partial charge in [0.1, 0.15) is 10.7 Å². The van der Waals surface area contributed by atoms with Crippen molar-refractivity contribution < 1.29 is 17.6 Å². The van der Waals surface area contributed by atoms with Gasteiger partial charge in [0, 0.05) is 12.7 Å². The molecule has 0 saturated carbocycles. The number of halogens is 1. The van der Waals surface area contributed by atoms with Crippen LogP contribution in [0.1, 0.15) is 15.2 Å². The summed E-state index contributed by atoms with van der Waals surface area (Å²) in [5, 5.41) is 4.22. The first-order valence-corrected chi connectivity index (χ1v) is 10.3. The molecule has 2 aromatic carbocycles. The fourth-order valence-electron chi connectivity index (χ4n) is 2.47. The number of nitrogens with one attached hydrogen (secondary N) is 1. The highest BCUT2D eigenvalue weighted by Gasteiger charge is 2.26. The van der Waals surface area contributed by atoms with Crippen molar-refractivity contribution in [2.24, 2.45) is 0 Å². The molecule has 0 spiro atoms. The summed E-state index contributed by atoms with van der Waals surface area (Å²) in [7, 11) is -2.42. The second kappa shape index (κ2) is 7.50. The van der Waals surface area contributed by atoms with E-state index in [9.17, 15) is 17.6 Å². The molecule has 3 aromatic rings. The maximum absolute atomic E-state index is 13.3. The Labute approximate surface area is 161 Å². The Morgan fingerprint density at radius 1 is 1.11 bits per heavy atom. The summed E-state index contributed by atoms with van der Waals surface area (Å²) in [6, 6.07) is 13.6. The maximum atomic E-state index is 13.3. The third-order valence-corrected chi connectivity index (χ3v) is 6.64. The first-order chi connectivity index (χ1) is 12.8. The van der Waals surface area contributed by atoms with Gasteiger partial charge in [-0.1, -0.05) is 23.8 Å². The van der Waals surface area contributed by atoms with Crippen molar-refractivity contribution in [1.82, 2.24) is 0 Å². The Morgan fingerprint density at radius 3 is 2.48 bits per heavy atom. The Balaban J connectivity index is 1.89. The molecule has 0 unspecified atom stereocenters. The van der Waals surface area contributed by atoms with Crippen molar-refractivity contribution >= 4 is 38.6 Å². The molecular formula is C19H17FN2O3S2. The van der Waals surface area contributed by atoms with Crippen LogP contribution in [-0.4, -0.2) is 21.4 Å². The molecule has 0 radical (unpaired) electrons. The van der Waals surface area contributed by atoms with E-state index in [-0.39, 0.29) is 15.5 Å². The lowest BCUT2D eigenvalue weighted by Crippen LogP contribution is -2.28. The molecule has 5 nitrogen and oxygen atoms in total. The minimum absolute atomic E-state index is 0.137. The van der Waals surface area contributed by atoms with Crippen LogP contribution in [0.15, 0.2) is 64.9 Å². The predicted molar refractivity (Wildman–Crippen MR) is 105 cm³/mol. The molecule has 0 fully saturated rings. The topological polar surface area (TPSA) is 66.5 Å². The summed E-state index contributed by atoms with van der Waals surface area (Å²) in [5.74, 6) is -0.977. The van der Waals surface area contributed by atoms with Crippen molar-refractivity contribution in [1.29, 1.82) is 0 Å². The number of hydrogen-bond acceptors (Lipinski definition) is 4. The van der Waals surface area contributed by atoms with Crippen molar-refractivity contribution in [2.45, 2.75) is 11.8 Å². The van der Waals surface area contributed by atoms with Gasteiger partial charge in [0.05, 0.1) is 10.6 Å². The molecule has 8 heteroatoms. The smallest absolute Gasteiger partial charge is 0.267 e. The minimum atomic E-state index is -3.81. The van der Waals surface area contributed by atoms with E-state index in [0.717, 1.165) is 21.2 Å². The van der Waals surface area contributed by atoms with E-state index in [4.69, 9.17) is 0 Å². The van der Waals surface area contributed by atoms with Crippen LogP contribution in [0, 0.1) is 12.7 Å². The number of sulfonamides is 1. The Bertz CT molecular complexity index is 1080. The van der Waals surface area contributed by atoms with Crippen LogP contribution in [0.4, 0.5) is 15.8 Å². The van der Waals surface area contributed by atoms with E-state index in [1.54, 1.807) is 29.6 Å². The fourth-order valence-corrected chi connectivity index (χ4v) is 4.55. The van der Waals surface area contributed by atoms with Gasteiger partial charge in [-0.05, 0) is 48.7 Å². The van der Waals surface area contributed by atoms with Gasteiger partial charge in [-0.25, -0.2) is 12.8 Å². The Morgan fingerprint density at radius 2 is 1.81 bits per heavy atom. The SMILES string of the molecule is Cc1ccc(S(=O)(=O)N(C)c2ccsc2C(=O)Nc2cccc(F)c2)cc1. The molecule has 1 heterocycles. The summed E-state index contributed by atoms with van der Waals surface area (Å²) < 4.78 is 40.1. The van der Waals surface area contributed by atoms with Crippen LogP contribution in [0.25, 0.3) is 0 Å². The van der Waals surface area contributed by atoms with Crippen LogP contribution in [0.2, 0.25) is 0 Å². The van der Waals surface area contributed by atoms with Gasteiger partial charge < -0.3 is 5.32 Å². The summed E-state index contributed by atoms with van der Waals surface area (Å²) in [6.45, 7) is 1.87.